The summed E-state index contributed by atoms with van der Waals surface area (Å²) in [5.41, 5.74) is 0.554. The second-order valence-electron chi connectivity index (χ2n) is 4.45. The van der Waals surface area contributed by atoms with E-state index < -0.39 is 5.97 Å². The number of nitrogens with zero attached hydrogens (tertiary/aromatic N) is 3. The molecule has 0 aliphatic rings. The maximum absolute atomic E-state index is 10.7. The molecule has 15 heavy (non-hydrogen) atoms. The number of hydrogen-bond donors (Lipinski definition) is 1. The maximum atomic E-state index is 10.7. The van der Waals surface area contributed by atoms with E-state index in [9.17, 15) is 4.79 Å². The Balaban J connectivity index is 2.98. The fourth-order valence-corrected chi connectivity index (χ4v) is 0.974. The minimum absolute atomic E-state index is 0.00596. The van der Waals surface area contributed by atoms with Crippen molar-refractivity contribution < 1.29 is 9.90 Å². The van der Waals surface area contributed by atoms with Gasteiger partial charge in [-0.1, -0.05) is 32.1 Å². The third-order valence-electron chi connectivity index (χ3n) is 1.85. The SMILES string of the molecule is Cc1c(C(=O)O)nnn1/C=C/C(C)(C)C. The molecule has 0 saturated heterocycles. The Hall–Kier alpha value is -1.65. The number of allylic oxidation sites excluding steroid dienone is 1. The highest BCUT2D eigenvalue weighted by atomic mass is 16.4. The van der Waals surface area contributed by atoms with Crippen LogP contribution >= 0.6 is 0 Å². The molecule has 1 rings (SSSR count). The van der Waals surface area contributed by atoms with E-state index in [0.29, 0.717) is 5.69 Å². The minimum Gasteiger partial charge on any atom is -0.476 e. The molecule has 0 bridgehead atoms. The van der Waals surface area contributed by atoms with Gasteiger partial charge < -0.3 is 5.11 Å². The predicted octanol–water partition coefficient (Wildman–Crippen LogP) is 1.80. The number of hydrogen-bond acceptors (Lipinski definition) is 3. The summed E-state index contributed by atoms with van der Waals surface area (Å²) in [4.78, 5) is 10.7. The summed E-state index contributed by atoms with van der Waals surface area (Å²) < 4.78 is 1.47. The molecule has 1 N–H and O–H groups in total. The molecular weight excluding hydrogens is 194 g/mol. The first-order valence-corrected chi connectivity index (χ1v) is 4.66. The van der Waals surface area contributed by atoms with Crippen molar-refractivity contribution in [3.8, 4) is 0 Å². The lowest BCUT2D eigenvalue weighted by Crippen LogP contribution is -2.02. The molecule has 0 aliphatic heterocycles. The zero-order chi connectivity index (χ0) is 11.6. The first-order chi connectivity index (χ1) is 6.81. The Labute approximate surface area is 88.4 Å². The van der Waals surface area contributed by atoms with E-state index >= 15 is 0 Å². The largest absolute Gasteiger partial charge is 0.476 e. The van der Waals surface area contributed by atoms with Gasteiger partial charge in [0, 0.05) is 6.20 Å². The van der Waals surface area contributed by atoms with Crippen molar-refractivity contribution in [1.82, 2.24) is 15.0 Å². The molecule has 0 aromatic carbocycles. The molecule has 1 aromatic heterocycles. The van der Waals surface area contributed by atoms with Crippen molar-refractivity contribution >= 4 is 12.2 Å². The Morgan fingerprint density at radius 2 is 2.07 bits per heavy atom. The maximum Gasteiger partial charge on any atom is 0.358 e. The standard InChI is InChI=1S/C10H15N3O2/c1-7-8(9(14)15)11-12-13(7)6-5-10(2,3)4/h5-6H,1-4H3,(H,14,15)/b6-5+. The molecule has 5 nitrogen and oxygen atoms in total. The molecule has 1 aromatic rings. The summed E-state index contributed by atoms with van der Waals surface area (Å²) in [6.45, 7) is 7.83. The number of carbonyl (C=O) groups is 1. The zero-order valence-corrected chi connectivity index (χ0v) is 9.35. The van der Waals surface area contributed by atoms with Crippen LogP contribution in [0.25, 0.3) is 6.20 Å². The summed E-state index contributed by atoms with van der Waals surface area (Å²) >= 11 is 0. The monoisotopic (exact) mass is 209 g/mol. The van der Waals surface area contributed by atoms with Crippen molar-refractivity contribution in [2.24, 2.45) is 5.41 Å². The van der Waals surface area contributed by atoms with Gasteiger partial charge in [0.05, 0.1) is 5.69 Å². The van der Waals surface area contributed by atoms with Crippen molar-refractivity contribution in [2.75, 3.05) is 0 Å². The average molecular weight is 209 g/mol. The van der Waals surface area contributed by atoms with E-state index in [4.69, 9.17) is 5.11 Å². The molecule has 0 unspecified atom stereocenters. The molecule has 0 aliphatic carbocycles. The highest BCUT2D eigenvalue weighted by Gasteiger charge is 2.14. The second kappa shape index (κ2) is 3.84. The number of rotatable bonds is 2. The van der Waals surface area contributed by atoms with Gasteiger partial charge in [0.2, 0.25) is 0 Å². The molecule has 1 heterocycles. The normalized spacial score (nSPS) is 12.3. The molecule has 5 heteroatoms. The molecule has 82 valence electrons. The summed E-state index contributed by atoms with van der Waals surface area (Å²) in [5, 5.41) is 16.1. The van der Waals surface area contributed by atoms with E-state index in [1.807, 2.05) is 26.8 Å². The number of carboxylic acid groups (broad SMARTS) is 1. The average Bonchev–Trinajstić information content (AvgIpc) is 2.42. The first-order valence-electron chi connectivity index (χ1n) is 4.66. The van der Waals surface area contributed by atoms with Crippen LogP contribution in [-0.4, -0.2) is 26.1 Å². The van der Waals surface area contributed by atoms with Crippen molar-refractivity contribution in [3.63, 3.8) is 0 Å². The number of aromatic nitrogens is 3. The molecule has 0 saturated carbocycles. The number of aromatic carboxylic acids is 1. The number of carboxylic acids is 1. The van der Waals surface area contributed by atoms with Gasteiger partial charge >= 0.3 is 5.97 Å². The fourth-order valence-electron chi connectivity index (χ4n) is 0.974. The van der Waals surface area contributed by atoms with Crippen LogP contribution in [0.4, 0.5) is 0 Å². The van der Waals surface area contributed by atoms with Crippen molar-refractivity contribution in [1.29, 1.82) is 0 Å². The summed E-state index contributed by atoms with van der Waals surface area (Å²) in [5.74, 6) is -1.05. The van der Waals surface area contributed by atoms with Crippen LogP contribution in [-0.2, 0) is 0 Å². The molecule has 0 amide bonds. The van der Waals surface area contributed by atoms with Gasteiger partial charge in [-0.25, -0.2) is 9.48 Å². The third-order valence-corrected chi connectivity index (χ3v) is 1.85. The fraction of sp³-hybridized carbons (Fsp3) is 0.500. The summed E-state index contributed by atoms with van der Waals surface area (Å²) in [6, 6.07) is 0. The van der Waals surface area contributed by atoms with Gasteiger partial charge in [-0.2, -0.15) is 0 Å². The van der Waals surface area contributed by atoms with Crippen LogP contribution in [0.1, 0.15) is 37.0 Å². The molecule has 0 fully saturated rings. The van der Waals surface area contributed by atoms with Crippen LogP contribution in [0.3, 0.4) is 0 Å². The van der Waals surface area contributed by atoms with E-state index in [1.165, 1.54) is 4.68 Å². The van der Waals surface area contributed by atoms with Crippen LogP contribution in [0, 0.1) is 12.3 Å². The molecule has 0 radical (unpaired) electrons. The topological polar surface area (TPSA) is 68.0 Å². The Morgan fingerprint density at radius 1 is 1.47 bits per heavy atom. The van der Waals surface area contributed by atoms with E-state index in [2.05, 4.69) is 10.3 Å². The Morgan fingerprint density at radius 3 is 2.47 bits per heavy atom. The van der Waals surface area contributed by atoms with Crippen LogP contribution in [0.15, 0.2) is 6.08 Å². The zero-order valence-electron chi connectivity index (χ0n) is 9.35. The van der Waals surface area contributed by atoms with Crippen LogP contribution in [0.2, 0.25) is 0 Å². The smallest absolute Gasteiger partial charge is 0.358 e. The van der Waals surface area contributed by atoms with E-state index in [0.717, 1.165) is 0 Å². The van der Waals surface area contributed by atoms with Crippen LogP contribution < -0.4 is 0 Å². The lowest BCUT2D eigenvalue weighted by molar-refractivity contribution is 0.0689. The summed E-state index contributed by atoms with van der Waals surface area (Å²) in [6.07, 6.45) is 3.68. The molecular formula is C10H15N3O2. The van der Waals surface area contributed by atoms with Gasteiger partial charge in [0.25, 0.3) is 0 Å². The quantitative estimate of drug-likeness (QED) is 0.806. The second-order valence-corrected chi connectivity index (χ2v) is 4.45. The Kier molecular flexibility index (Phi) is 2.93. The molecule has 0 atom stereocenters. The van der Waals surface area contributed by atoms with Gasteiger partial charge in [0.15, 0.2) is 5.69 Å². The highest BCUT2D eigenvalue weighted by molar-refractivity contribution is 5.86. The predicted molar refractivity (Wildman–Crippen MR) is 56.5 cm³/mol. The van der Waals surface area contributed by atoms with Gasteiger partial charge in [-0.3, -0.25) is 0 Å². The van der Waals surface area contributed by atoms with Gasteiger partial charge in [-0.15, -0.1) is 5.10 Å². The Bertz CT molecular complexity index is 399. The first kappa shape index (κ1) is 11.4. The third kappa shape index (κ3) is 2.90. The summed E-state index contributed by atoms with van der Waals surface area (Å²) in [7, 11) is 0. The lowest BCUT2D eigenvalue weighted by Gasteiger charge is -2.10. The van der Waals surface area contributed by atoms with E-state index in [1.54, 1.807) is 13.1 Å². The van der Waals surface area contributed by atoms with Gasteiger partial charge in [0.1, 0.15) is 0 Å². The molecule has 0 spiro atoms. The highest BCUT2D eigenvalue weighted by Crippen LogP contribution is 2.15. The van der Waals surface area contributed by atoms with Crippen molar-refractivity contribution in [3.05, 3.63) is 17.5 Å². The lowest BCUT2D eigenvalue weighted by atomic mass is 9.97. The minimum atomic E-state index is -1.05. The van der Waals surface area contributed by atoms with E-state index in [-0.39, 0.29) is 11.1 Å². The van der Waals surface area contributed by atoms with Crippen molar-refractivity contribution in [2.45, 2.75) is 27.7 Å². The van der Waals surface area contributed by atoms with Gasteiger partial charge in [-0.05, 0) is 12.3 Å². The van der Waals surface area contributed by atoms with Crippen LogP contribution in [0.5, 0.6) is 0 Å².